The van der Waals surface area contributed by atoms with E-state index in [0.717, 1.165) is 25.7 Å². The van der Waals surface area contributed by atoms with Gasteiger partial charge in [-0.1, -0.05) is 39.5 Å². The van der Waals surface area contributed by atoms with Crippen LogP contribution in [0.1, 0.15) is 65.2 Å². The molecule has 2 aliphatic rings. The van der Waals surface area contributed by atoms with E-state index in [2.05, 4.69) is 19.2 Å². The van der Waals surface area contributed by atoms with Gasteiger partial charge < -0.3 is 5.11 Å². The fourth-order valence-electron chi connectivity index (χ4n) is 3.81. The summed E-state index contributed by atoms with van der Waals surface area (Å²) in [6.07, 6.45) is 9.10. The lowest BCUT2D eigenvalue weighted by atomic mass is 9.69. The third kappa shape index (κ3) is 2.71. The largest absolute Gasteiger partial charge is 0.480 e. The lowest BCUT2D eigenvalue weighted by molar-refractivity contribution is -0.150. The van der Waals surface area contributed by atoms with Crippen molar-refractivity contribution in [2.45, 2.75) is 76.8 Å². The van der Waals surface area contributed by atoms with Crippen LogP contribution >= 0.6 is 0 Å². The second-order valence-electron chi connectivity index (χ2n) is 6.54. The summed E-state index contributed by atoms with van der Waals surface area (Å²) in [5.74, 6) is 0.133. The zero-order valence-electron chi connectivity index (χ0n) is 11.7. The van der Waals surface area contributed by atoms with Crippen molar-refractivity contribution in [2.24, 2.45) is 11.8 Å². The number of nitrogens with one attached hydrogen (secondary N) is 1. The van der Waals surface area contributed by atoms with Gasteiger partial charge in [0, 0.05) is 6.04 Å². The van der Waals surface area contributed by atoms with Crippen molar-refractivity contribution in [3.63, 3.8) is 0 Å². The zero-order chi connectivity index (χ0) is 13.2. The molecule has 2 rings (SSSR count). The van der Waals surface area contributed by atoms with Gasteiger partial charge in [-0.2, -0.15) is 0 Å². The summed E-state index contributed by atoms with van der Waals surface area (Å²) < 4.78 is 0. The van der Waals surface area contributed by atoms with Crippen LogP contribution in [0.15, 0.2) is 0 Å². The molecule has 3 nitrogen and oxygen atoms in total. The van der Waals surface area contributed by atoms with Gasteiger partial charge in [-0.25, -0.2) is 0 Å². The van der Waals surface area contributed by atoms with E-state index in [0.29, 0.717) is 12.0 Å². The Morgan fingerprint density at radius 2 is 1.78 bits per heavy atom. The van der Waals surface area contributed by atoms with Crippen molar-refractivity contribution in [3.8, 4) is 0 Å². The minimum atomic E-state index is -0.667. The number of carbonyl (C=O) groups is 1. The van der Waals surface area contributed by atoms with Gasteiger partial charge >= 0.3 is 5.97 Å². The van der Waals surface area contributed by atoms with Crippen LogP contribution in [-0.2, 0) is 4.79 Å². The molecule has 2 aliphatic carbocycles. The fraction of sp³-hybridized carbons (Fsp3) is 0.933. The van der Waals surface area contributed by atoms with E-state index in [1.165, 1.54) is 25.7 Å². The molecule has 2 N–H and O–H groups in total. The smallest absolute Gasteiger partial charge is 0.324 e. The third-order valence-electron chi connectivity index (χ3n) is 5.05. The van der Waals surface area contributed by atoms with Crippen molar-refractivity contribution >= 4 is 5.97 Å². The highest BCUT2D eigenvalue weighted by molar-refractivity contribution is 5.79. The molecule has 3 heteroatoms. The number of rotatable bonds is 3. The van der Waals surface area contributed by atoms with Crippen molar-refractivity contribution in [1.29, 1.82) is 0 Å². The Morgan fingerprint density at radius 1 is 1.11 bits per heavy atom. The van der Waals surface area contributed by atoms with Gasteiger partial charge in [-0.15, -0.1) is 0 Å². The highest BCUT2D eigenvalue weighted by Gasteiger charge is 2.47. The average Bonchev–Trinajstić information content (AvgIpc) is 2.35. The van der Waals surface area contributed by atoms with E-state index >= 15 is 0 Å². The van der Waals surface area contributed by atoms with Crippen LogP contribution in [0, 0.1) is 11.8 Å². The summed E-state index contributed by atoms with van der Waals surface area (Å²) in [7, 11) is 0. The van der Waals surface area contributed by atoms with Gasteiger partial charge in [0.2, 0.25) is 0 Å². The molecule has 104 valence electrons. The zero-order valence-corrected chi connectivity index (χ0v) is 11.7. The lowest BCUT2D eigenvalue weighted by Gasteiger charge is -2.45. The Morgan fingerprint density at radius 3 is 2.39 bits per heavy atom. The summed E-state index contributed by atoms with van der Waals surface area (Å²) in [6.45, 7) is 4.29. The Kier molecular flexibility index (Phi) is 4.31. The predicted molar refractivity (Wildman–Crippen MR) is 72.6 cm³/mol. The molecular formula is C15H27NO2. The van der Waals surface area contributed by atoms with Crippen LogP contribution in [0.2, 0.25) is 0 Å². The van der Waals surface area contributed by atoms with E-state index in [4.69, 9.17) is 0 Å². The highest BCUT2D eigenvalue weighted by Crippen LogP contribution is 2.38. The molecule has 0 amide bonds. The summed E-state index contributed by atoms with van der Waals surface area (Å²) in [6, 6.07) is 0.419. The van der Waals surface area contributed by atoms with Crippen LogP contribution in [-0.4, -0.2) is 22.7 Å². The molecule has 3 unspecified atom stereocenters. The molecule has 0 aromatic carbocycles. The van der Waals surface area contributed by atoms with Crippen LogP contribution < -0.4 is 5.32 Å². The Balaban J connectivity index is 2.11. The third-order valence-corrected chi connectivity index (χ3v) is 5.05. The molecule has 2 saturated carbocycles. The molecule has 0 aromatic heterocycles. The van der Waals surface area contributed by atoms with E-state index in [-0.39, 0.29) is 5.92 Å². The molecule has 0 radical (unpaired) electrons. The first kappa shape index (κ1) is 13.9. The first-order valence-corrected chi connectivity index (χ1v) is 7.55. The Labute approximate surface area is 110 Å². The molecule has 2 fully saturated rings. The number of hydrogen-bond donors (Lipinski definition) is 2. The molecule has 0 aliphatic heterocycles. The number of carboxylic acid groups (broad SMARTS) is 1. The van der Waals surface area contributed by atoms with Gasteiger partial charge in [-0.05, 0) is 37.5 Å². The van der Waals surface area contributed by atoms with Crippen LogP contribution in [0.4, 0.5) is 0 Å². The second-order valence-corrected chi connectivity index (χ2v) is 6.54. The Hall–Kier alpha value is -0.570. The van der Waals surface area contributed by atoms with E-state index < -0.39 is 11.5 Å². The van der Waals surface area contributed by atoms with Gasteiger partial charge in [0.15, 0.2) is 0 Å². The molecule has 0 spiro atoms. The SMILES string of the molecule is CC1CCC(C)C(NC2CCCCC2)(C(=O)O)C1. The molecule has 18 heavy (non-hydrogen) atoms. The van der Waals surface area contributed by atoms with Crippen molar-refractivity contribution in [2.75, 3.05) is 0 Å². The highest BCUT2D eigenvalue weighted by atomic mass is 16.4. The first-order chi connectivity index (χ1) is 8.54. The van der Waals surface area contributed by atoms with Gasteiger partial charge in [0.1, 0.15) is 5.54 Å². The predicted octanol–water partition coefficient (Wildman–Crippen LogP) is 3.19. The number of hydrogen-bond acceptors (Lipinski definition) is 2. The molecule has 0 saturated heterocycles. The van der Waals surface area contributed by atoms with Gasteiger partial charge in [-0.3, -0.25) is 10.1 Å². The molecule has 3 atom stereocenters. The number of aliphatic carboxylic acids is 1. The molecule has 0 aromatic rings. The van der Waals surface area contributed by atoms with Crippen molar-refractivity contribution in [1.82, 2.24) is 5.32 Å². The van der Waals surface area contributed by atoms with Gasteiger partial charge in [0.25, 0.3) is 0 Å². The van der Waals surface area contributed by atoms with Crippen LogP contribution in [0.5, 0.6) is 0 Å². The second kappa shape index (κ2) is 5.60. The molecular weight excluding hydrogens is 226 g/mol. The minimum Gasteiger partial charge on any atom is -0.480 e. The topological polar surface area (TPSA) is 49.3 Å². The summed E-state index contributed by atoms with van der Waals surface area (Å²) in [4.78, 5) is 11.8. The van der Waals surface area contributed by atoms with E-state index in [1.807, 2.05) is 0 Å². The van der Waals surface area contributed by atoms with Crippen LogP contribution in [0.25, 0.3) is 0 Å². The summed E-state index contributed by atoms with van der Waals surface area (Å²) >= 11 is 0. The Bertz CT molecular complexity index is 299. The summed E-state index contributed by atoms with van der Waals surface area (Å²) in [5.41, 5.74) is -0.667. The molecule has 0 heterocycles. The van der Waals surface area contributed by atoms with Crippen LogP contribution in [0.3, 0.4) is 0 Å². The van der Waals surface area contributed by atoms with E-state index in [9.17, 15) is 9.90 Å². The maximum Gasteiger partial charge on any atom is 0.324 e. The maximum atomic E-state index is 11.8. The minimum absolute atomic E-state index is 0.244. The standard InChI is InChI=1S/C15H27NO2/c1-11-8-9-12(2)15(10-11,14(17)18)16-13-6-4-3-5-7-13/h11-13,16H,3-10H2,1-2H3,(H,17,18). The first-order valence-electron chi connectivity index (χ1n) is 7.55. The van der Waals surface area contributed by atoms with Crippen molar-refractivity contribution in [3.05, 3.63) is 0 Å². The maximum absolute atomic E-state index is 11.8. The normalized spacial score (nSPS) is 38.6. The fourth-order valence-corrected chi connectivity index (χ4v) is 3.81. The van der Waals surface area contributed by atoms with Crippen molar-refractivity contribution < 1.29 is 9.90 Å². The molecule has 0 bridgehead atoms. The van der Waals surface area contributed by atoms with E-state index in [1.54, 1.807) is 0 Å². The lowest BCUT2D eigenvalue weighted by Crippen LogP contribution is -2.62. The monoisotopic (exact) mass is 253 g/mol. The quantitative estimate of drug-likeness (QED) is 0.812. The number of carboxylic acids is 1. The average molecular weight is 253 g/mol. The van der Waals surface area contributed by atoms with Gasteiger partial charge in [0.05, 0.1) is 0 Å². The summed E-state index contributed by atoms with van der Waals surface area (Å²) in [5, 5.41) is 13.3.